The molecule has 0 bridgehead atoms. The molecule has 34 heavy (non-hydrogen) atoms. The number of pyridine rings is 3. The number of nitrogens with one attached hydrogen (secondary N) is 1. The summed E-state index contributed by atoms with van der Waals surface area (Å²) in [5.41, 5.74) is 7.87. The predicted molar refractivity (Wildman–Crippen MR) is 136 cm³/mol. The first kappa shape index (κ1) is 19.7. The molecule has 2 aliphatic rings. The lowest BCUT2D eigenvalue weighted by Crippen LogP contribution is -2.54. The van der Waals surface area contributed by atoms with Gasteiger partial charge in [-0.15, -0.1) is 0 Å². The van der Waals surface area contributed by atoms with Gasteiger partial charge in [0.05, 0.1) is 17.4 Å². The third kappa shape index (κ3) is 3.10. The minimum atomic E-state index is 0.475. The summed E-state index contributed by atoms with van der Waals surface area (Å²) in [7, 11) is 0. The van der Waals surface area contributed by atoms with Crippen LogP contribution in [0, 0.1) is 12.3 Å². The fraction of sp³-hybridized carbons (Fsp3) is 0.250. The Morgan fingerprint density at radius 1 is 0.941 bits per heavy atom. The highest BCUT2D eigenvalue weighted by molar-refractivity contribution is 5.94. The van der Waals surface area contributed by atoms with Crippen LogP contribution in [0.15, 0.2) is 73.2 Å². The van der Waals surface area contributed by atoms with Crippen molar-refractivity contribution in [1.82, 2.24) is 24.7 Å². The molecular weight excluding hydrogens is 420 g/mol. The van der Waals surface area contributed by atoms with E-state index in [1.165, 1.54) is 6.42 Å². The number of hydrogen-bond acceptors (Lipinski definition) is 5. The first-order chi connectivity index (χ1) is 16.7. The van der Waals surface area contributed by atoms with E-state index in [2.05, 4.69) is 74.3 Å². The minimum absolute atomic E-state index is 0.475. The van der Waals surface area contributed by atoms with Crippen molar-refractivity contribution >= 4 is 22.4 Å². The van der Waals surface area contributed by atoms with Gasteiger partial charge in [-0.2, -0.15) is 0 Å². The molecule has 6 heterocycles. The number of aryl methyl sites for hydroxylation is 1. The lowest BCUT2D eigenvalue weighted by molar-refractivity contribution is 0.199. The second kappa shape index (κ2) is 7.37. The van der Waals surface area contributed by atoms with E-state index >= 15 is 0 Å². The molecule has 0 amide bonds. The van der Waals surface area contributed by atoms with Crippen molar-refractivity contribution in [3.8, 4) is 22.4 Å². The van der Waals surface area contributed by atoms with Crippen LogP contribution in [-0.2, 0) is 0 Å². The quantitative estimate of drug-likeness (QED) is 0.435. The molecule has 0 aliphatic carbocycles. The molecule has 0 saturated carbocycles. The Balaban J connectivity index is 1.21. The number of aromatic nitrogens is 4. The lowest BCUT2D eigenvalue weighted by atomic mass is 9.81. The number of nitrogens with zero attached hydrogens (tertiary/aromatic N) is 5. The monoisotopic (exact) mass is 446 g/mol. The molecule has 5 aromatic rings. The van der Waals surface area contributed by atoms with Gasteiger partial charge in [0, 0.05) is 66.2 Å². The van der Waals surface area contributed by atoms with E-state index in [0.717, 1.165) is 76.6 Å². The summed E-state index contributed by atoms with van der Waals surface area (Å²) in [5.74, 6) is 1.08. The molecule has 0 unspecified atom stereocenters. The van der Waals surface area contributed by atoms with Crippen molar-refractivity contribution in [2.24, 2.45) is 5.41 Å². The highest BCUT2D eigenvalue weighted by atomic mass is 15.2. The summed E-state index contributed by atoms with van der Waals surface area (Å²) in [6.45, 7) is 6.53. The van der Waals surface area contributed by atoms with E-state index in [-0.39, 0.29) is 0 Å². The fourth-order valence-corrected chi connectivity index (χ4v) is 5.52. The maximum atomic E-state index is 4.81. The standard InChI is InChI=1S/C28H26N6/c1-19-12-23(22-4-2-3-5-24(22)32-19)25-15-31-27-13-20(8-10-34(25)27)21-6-7-26(30-14-21)33-11-9-28(18-33)16-29-17-28/h2-8,10,12-15,29H,9,11,16-18H2,1H3. The van der Waals surface area contributed by atoms with Crippen LogP contribution in [0.1, 0.15) is 12.1 Å². The zero-order chi connectivity index (χ0) is 22.7. The number of rotatable bonds is 3. The lowest BCUT2D eigenvalue weighted by Gasteiger charge is -2.39. The molecular formula is C28H26N6. The molecule has 168 valence electrons. The van der Waals surface area contributed by atoms with Crippen molar-refractivity contribution in [3.63, 3.8) is 0 Å². The number of benzene rings is 1. The van der Waals surface area contributed by atoms with Gasteiger partial charge in [-0.25, -0.2) is 9.97 Å². The van der Waals surface area contributed by atoms with Gasteiger partial charge < -0.3 is 10.2 Å². The molecule has 1 spiro atoms. The smallest absolute Gasteiger partial charge is 0.137 e. The third-order valence-corrected chi connectivity index (χ3v) is 7.48. The summed E-state index contributed by atoms with van der Waals surface area (Å²) in [6, 6.07) is 19.1. The zero-order valence-corrected chi connectivity index (χ0v) is 19.2. The maximum absolute atomic E-state index is 4.81. The second-order valence-corrected chi connectivity index (χ2v) is 9.80. The van der Waals surface area contributed by atoms with Crippen molar-refractivity contribution in [2.75, 3.05) is 31.1 Å². The Bertz CT molecular complexity index is 1530. The van der Waals surface area contributed by atoms with Crippen LogP contribution >= 0.6 is 0 Å². The Kier molecular flexibility index (Phi) is 4.26. The maximum Gasteiger partial charge on any atom is 0.137 e. The third-order valence-electron chi connectivity index (χ3n) is 7.48. The first-order valence-corrected chi connectivity index (χ1v) is 11.9. The zero-order valence-electron chi connectivity index (χ0n) is 19.2. The average Bonchev–Trinajstić information content (AvgIpc) is 3.48. The number of fused-ring (bicyclic) bond motifs is 2. The SMILES string of the molecule is Cc1cc(-c2cnc3cc(-c4ccc(N5CCC6(CNC6)C5)nc4)ccn23)c2ccccc2n1. The Morgan fingerprint density at radius 3 is 2.65 bits per heavy atom. The van der Waals surface area contributed by atoms with Gasteiger partial charge in [-0.3, -0.25) is 9.38 Å². The van der Waals surface area contributed by atoms with Gasteiger partial charge in [-0.1, -0.05) is 18.2 Å². The van der Waals surface area contributed by atoms with Crippen LogP contribution in [0.2, 0.25) is 0 Å². The summed E-state index contributed by atoms with van der Waals surface area (Å²) >= 11 is 0. The highest BCUT2D eigenvalue weighted by Gasteiger charge is 2.43. The van der Waals surface area contributed by atoms with E-state index in [4.69, 9.17) is 9.97 Å². The minimum Gasteiger partial charge on any atom is -0.356 e. The number of anilines is 1. The summed E-state index contributed by atoms with van der Waals surface area (Å²) in [4.78, 5) is 16.7. The van der Waals surface area contributed by atoms with E-state index < -0.39 is 0 Å². The van der Waals surface area contributed by atoms with Crippen LogP contribution in [0.5, 0.6) is 0 Å². The van der Waals surface area contributed by atoms with Gasteiger partial charge in [0.25, 0.3) is 0 Å². The first-order valence-electron chi connectivity index (χ1n) is 11.9. The number of imidazole rings is 1. The molecule has 1 N–H and O–H groups in total. The molecule has 6 heteroatoms. The van der Waals surface area contributed by atoms with Crippen molar-refractivity contribution in [3.05, 3.63) is 78.9 Å². The Labute approximate surface area is 198 Å². The Morgan fingerprint density at radius 2 is 1.85 bits per heavy atom. The highest BCUT2D eigenvalue weighted by Crippen LogP contribution is 2.36. The second-order valence-electron chi connectivity index (χ2n) is 9.80. The molecule has 2 saturated heterocycles. The van der Waals surface area contributed by atoms with E-state index in [1.807, 2.05) is 25.4 Å². The van der Waals surface area contributed by atoms with Crippen LogP contribution in [0.4, 0.5) is 5.82 Å². The van der Waals surface area contributed by atoms with E-state index in [1.54, 1.807) is 0 Å². The normalized spacial score (nSPS) is 17.0. The van der Waals surface area contributed by atoms with Gasteiger partial charge in [0.15, 0.2) is 0 Å². The fourth-order valence-electron chi connectivity index (χ4n) is 5.52. The molecule has 0 radical (unpaired) electrons. The van der Waals surface area contributed by atoms with Crippen LogP contribution in [0.3, 0.4) is 0 Å². The number of para-hydroxylation sites is 1. The van der Waals surface area contributed by atoms with Crippen LogP contribution in [-0.4, -0.2) is 45.5 Å². The topological polar surface area (TPSA) is 58.4 Å². The number of hydrogen-bond donors (Lipinski definition) is 1. The molecule has 1 aromatic carbocycles. The van der Waals surface area contributed by atoms with Crippen molar-refractivity contribution in [2.45, 2.75) is 13.3 Å². The molecule has 4 aromatic heterocycles. The van der Waals surface area contributed by atoms with Gasteiger partial charge in [-0.05, 0) is 55.3 Å². The van der Waals surface area contributed by atoms with Gasteiger partial charge in [0.2, 0.25) is 0 Å². The Hall–Kier alpha value is -3.77. The van der Waals surface area contributed by atoms with Gasteiger partial charge >= 0.3 is 0 Å². The summed E-state index contributed by atoms with van der Waals surface area (Å²) in [6.07, 6.45) is 7.32. The largest absolute Gasteiger partial charge is 0.356 e. The molecule has 6 nitrogen and oxygen atoms in total. The van der Waals surface area contributed by atoms with Crippen LogP contribution in [0.25, 0.3) is 38.9 Å². The molecule has 0 atom stereocenters. The predicted octanol–water partition coefficient (Wildman–Crippen LogP) is 4.72. The van der Waals surface area contributed by atoms with Crippen LogP contribution < -0.4 is 10.2 Å². The molecule has 2 aliphatic heterocycles. The molecule has 7 rings (SSSR count). The summed E-state index contributed by atoms with van der Waals surface area (Å²) < 4.78 is 2.16. The van der Waals surface area contributed by atoms with Gasteiger partial charge in [0.1, 0.15) is 11.5 Å². The summed E-state index contributed by atoms with van der Waals surface area (Å²) in [5, 5.41) is 4.57. The van der Waals surface area contributed by atoms with Crippen molar-refractivity contribution in [1.29, 1.82) is 0 Å². The molecule has 2 fully saturated rings. The van der Waals surface area contributed by atoms with Crippen molar-refractivity contribution < 1.29 is 0 Å². The average molecular weight is 447 g/mol. The van der Waals surface area contributed by atoms with E-state index in [0.29, 0.717) is 5.41 Å². The van der Waals surface area contributed by atoms with E-state index in [9.17, 15) is 0 Å².